The van der Waals surface area contributed by atoms with Gasteiger partial charge in [-0.15, -0.1) is 0 Å². The van der Waals surface area contributed by atoms with Crippen LogP contribution in [-0.4, -0.2) is 13.8 Å². The van der Waals surface area contributed by atoms with Crippen molar-refractivity contribution in [2.75, 3.05) is 0 Å². The quantitative estimate of drug-likeness (QED) is 0.568. The summed E-state index contributed by atoms with van der Waals surface area (Å²) in [5, 5.41) is 9.40. The van der Waals surface area contributed by atoms with E-state index in [0.29, 0.717) is 6.42 Å². The fourth-order valence-corrected chi connectivity index (χ4v) is 2.81. The summed E-state index contributed by atoms with van der Waals surface area (Å²) in [5.41, 5.74) is 0. The molecule has 68 valence electrons. The molecule has 1 rings (SSSR count). The monoisotopic (exact) mass is 191 g/mol. The average molecular weight is 191 g/mol. The van der Waals surface area contributed by atoms with E-state index >= 15 is 0 Å². The second-order valence-corrected chi connectivity index (χ2v) is 5.25. The summed E-state index contributed by atoms with van der Waals surface area (Å²) in [5.74, 6) is 0. The van der Waals surface area contributed by atoms with Crippen molar-refractivity contribution in [2.45, 2.75) is 18.9 Å². The zero-order chi connectivity index (χ0) is 9.52. The van der Waals surface area contributed by atoms with Gasteiger partial charge in [-0.3, -0.25) is 0 Å². The molecular weight excluding hydrogens is 178 g/mol. The van der Waals surface area contributed by atoms with Crippen LogP contribution in [0.1, 0.15) is 12.8 Å². The Bertz CT molecular complexity index is 281. The van der Waals surface area contributed by atoms with Crippen LogP contribution >= 0.6 is 0 Å². The first-order valence-corrected chi connectivity index (χ1v) is 6.35. The van der Waals surface area contributed by atoms with E-state index in [1.54, 1.807) is 0 Å². The molecular formula is C10H13NOSi. The average Bonchev–Trinajstić information content (AvgIpc) is 2.19. The first-order valence-electron chi connectivity index (χ1n) is 4.44. The molecule has 0 aliphatic carbocycles. The van der Waals surface area contributed by atoms with Gasteiger partial charge in [0.1, 0.15) is 0 Å². The van der Waals surface area contributed by atoms with Crippen LogP contribution < -0.4 is 5.19 Å². The van der Waals surface area contributed by atoms with Gasteiger partial charge in [-0.1, -0.05) is 30.3 Å². The molecule has 0 aliphatic rings. The van der Waals surface area contributed by atoms with Gasteiger partial charge < -0.3 is 4.80 Å². The summed E-state index contributed by atoms with van der Waals surface area (Å²) in [4.78, 5) is 9.78. The fourth-order valence-electron chi connectivity index (χ4n) is 1.22. The summed E-state index contributed by atoms with van der Waals surface area (Å²) in [7, 11) is -1.74. The Labute approximate surface area is 80.2 Å². The minimum absolute atomic E-state index is 0.552. The number of benzene rings is 1. The van der Waals surface area contributed by atoms with Crippen LogP contribution in [-0.2, 0) is 0 Å². The van der Waals surface area contributed by atoms with E-state index in [4.69, 9.17) is 5.26 Å². The number of unbranched alkanes of at least 4 members (excludes halogenated alkanes) is 1. The fraction of sp³-hybridized carbons (Fsp3) is 0.300. The van der Waals surface area contributed by atoms with Gasteiger partial charge in [-0.25, -0.2) is 0 Å². The molecule has 0 amide bonds. The third kappa shape index (κ3) is 3.41. The van der Waals surface area contributed by atoms with Crippen LogP contribution in [0.4, 0.5) is 0 Å². The Morgan fingerprint density at radius 3 is 2.62 bits per heavy atom. The number of nitriles is 1. The van der Waals surface area contributed by atoms with Crippen LogP contribution in [0.15, 0.2) is 30.3 Å². The van der Waals surface area contributed by atoms with E-state index < -0.39 is 9.04 Å². The molecule has 0 saturated carbocycles. The molecule has 0 spiro atoms. The van der Waals surface area contributed by atoms with E-state index in [1.807, 2.05) is 30.3 Å². The Kier molecular flexibility index (Phi) is 4.23. The molecule has 0 saturated heterocycles. The van der Waals surface area contributed by atoms with Gasteiger partial charge in [-0.05, 0) is 17.7 Å². The Hall–Kier alpha value is -1.11. The molecule has 13 heavy (non-hydrogen) atoms. The molecule has 1 N–H and O–H groups in total. The summed E-state index contributed by atoms with van der Waals surface area (Å²) in [6.45, 7) is 0. The van der Waals surface area contributed by atoms with Crippen LogP contribution in [0.25, 0.3) is 0 Å². The zero-order valence-corrected chi connectivity index (χ0v) is 8.63. The van der Waals surface area contributed by atoms with Gasteiger partial charge in [0, 0.05) is 6.42 Å². The lowest BCUT2D eigenvalue weighted by Gasteiger charge is -2.06. The lowest BCUT2D eigenvalue weighted by molar-refractivity contribution is 0.580. The van der Waals surface area contributed by atoms with Crippen molar-refractivity contribution < 1.29 is 4.80 Å². The van der Waals surface area contributed by atoms with Gasteiger partial charge in [0.05, 0.1) is 6.07 Å². The Balaban J connectivity index is 2.41. The predicted molar refractivity (Wildman–Crippen MR) is 55.1 cm³/mol. The smallest absolute Gasteiger partial charge is 0.204 e. The van der Waals surface area contributed by atoms with Crippen molar-refractivity contribution >= 4 is 14.2 Å². The second kappa shape index (κ2) is 5.52. The van der Waals surface area contributed by atoms with E-state index in [-0.39, 0.29) is 0 Å². The number of nitrogens with zero attached hydrogens (tertiary/aromatic N) is 1. The summed E-state index contributed by atoms with van der Waals surface area (Å²) >= 11 is 0. The minimum atomic E-state index is -1.74. The van der Waals surface area contributed by atoms with Crippen molar-refractivity contribution in [2.24, 2.45) is 0 Å². The largest absolute Gasteiger partial charge is 0.430 e. The topological polar surface area (TPSA) is 44.0 Å². The number of hydrogen-bond acceptors (Lipinski definition) is 2. The highest BCUT2D eigenvalue weighted by molar-refractivity contribution is 6.66. The molecule has 0 aliphatic heterocycles. The maximum absolute atomic E-state index is 9.78. The highest BCUT2D eigenvalue weighted by Crippen LogP contribution is 1.99. The van der Waals surface area contributed by atoms with Gasteiger partial charge in [-0.2, -0.15) is 5.26 Å². The van der Waals surface area contributed by atoms with E-state index in [2.05, 4.69) is 6.07 Å². The molecule has 2 nitrogen and oxygen atoms in total. The normalized spacial score (nSPS) is 12.0. The molecule has 1 atom stereocenters. The maximum atomic E-state index is 9.78. The van der Waals surface area contributed by atoms with Gasteiger partial charge in [0.2, 0.25) is 9.04 Å². The van der Waals surface area contributed by atoms with Crippen LogP contribution in [0, 0.1) is 11.3 Å². The van der Waals surface area contributed by atoms with E-state index in [0.717, 1.165) is 17.7 Å². The van der Waals surface area contributed by atoms with Crippen LogP contribution in [0.3, 0.4) is 0 Å². The van der Waals surface area contributed by atoms with Gasteiger partial charge >= 0.3 is 0 Å². The van der Waals surface area contributed by atoms with Crippen LogP contribution in [0.2, 0.25) is 6.04 Å². The summed E-state index contributed by atoms with van der Waals surface area (Å²) < 4.78 is 0. The number of hydrogen-bond donors (Lipinski definition) is 1. The molecule has 1 unspecified atom stereocenters. The molecule has 1 aromatic carbocycles. The van der Waals surface area contributed by atoms with Crippen molar-refractivity contribution in [3.05, 3.63) is 30.3 Å². The first kappa shape index (κ1) is 9.97. The molecule has 0 heterocycles. The molecule has 0 aromatic heterocycles. The predicted octanol–water partition coefficient (Wildman–Crippen LogP) is 0.913. The Morgan fingerprint density at radius 2 is 2.00 bits per heavy atom. The molecule has 0 fully saturated rings. The molecule has 1 aromatic rings. The third-order valence-corrected chi connectivity index (χ3v) is 4.06. The first-order chi connectivity index (χ1) is 6.34. The summed E-state index contributed by atoms with van der Waals surface area (Å²) in [6.07, 6.45) is 1.37. The second-order valence-electron chi connectivity index (χ2n) is 2.98. The van der Waals surface area contributed by atoms with Crippen molar-refractivity contribution in [3.63, 3.8) is 0 Å². The molecule has 3 heteroatoms. The van der Waals surface area contributed by atoms with Crippen molar-refractivity contribution in [3.8, 4) is 6.07 Å². The van der Waals surface area contributed by atoms with E-state index in [9.17, 15) is 4.80 Å². The van der Waals surface area contributed by atoms with Crippen LogP contribution in [0.5, 0.6) is 0 Å². The maximum Gasteiger partial charge on any atom is 0.204 e. The lowest BCUT2D eigenvalue weighted by Crippen LogP contribution is -2.29. The lowest BCUT2D eigenvalue weighted by atomic mass is 10.4. The third-order valence-electron chi connectivity index (χ3n) is 1.95. The highest BCUT2D eigenvalue weighted by Gasteiger charge is 2.08. The standard InChI is InChI=1S/C10H13NOSi/c11-8-4-5-9-13(12)10-6-2-1-3-7-10/h1-3,6-7,12-13H,4-5,9H2. The number of rotatable bonds is 4. The highest BCUT2D eigenvalue weighted by atomic mass is 28.3. The zero-order valence-electron chi connectivity index (χ0n) is 7.48. The van der Waals surface area contributed by atoms with Gasteiger partial charge in [0.15, 0.2) is 0 Å². The minimum Gasteiger partial charge on any atom is -0.430 e. The Morgan fingerprint density at radius 1 is 1.31 bits per heavy atom. The summed E-state index contributed by atoms with van der Waals surface area (Å²) in [6, 6.07) is 12.6. The molecule has 0 bridgehead atoms. The van der Waals surface area contributed by atoms with Crippen molar-refractivity contribution in [1.82, 2.24) is 0 Å². The van der Waals surface area contributed by atoms with E-state index in [1.165, 1.54) is 0 Å². The van der Waals surface area contributed by atoms with Crippen molar-refractivity contribution in [1.29, 1.82) is 5.26 Å². The SMILES string of the molecule is N#CCCC[SiH](O)c1ccccc1. The molecule has 0 radical (unpaired) electrons. The van der Waals surface area contributed by atoms with Gasteiger partial charge in [0.25, 0.3) is 0 Å².